The fraction of sp³-hybridized carbons (Fsp3) is 0.105. The monoisotopic (exact) mass is 480 g/mol. The van der Waals surface area contributed by atoms with Crippen LogP contribution in [0.25, 0.3) is 21.8 Å². The maximum absolute atomic E-state index is 14.7. The lowest BCUT2D eigenvalue weighted by Crippen LogP contribution is -2.33. The van der Waals surface area contributed by atoms with Gasteiger partial charge < -0.3 is 20.1 Å². The van der Waals surface area contributed by atoms with Crippen LogP contribution in [0.1, 0.15) is 0 Å². The third kappa shape index (κ3) is 3.24. The second kappa shape index (κ2) is 7.50. The van der Waals surface area contributed by atoms with Gasteiger partial charge in [-0.25, -0.2) is 17.6 Å². The number of halogens is 2. The van der Waals surface area contributed by atoms with Crippen LogP contribution in [0.15, 0.2) is 55.9 Å². The molecule has 0 saturated carbocycles. The van der Waals surface area contributed by atoms with E-state index in [1.54, 1.807) is 0 Å². The van der Waals surface area contributed by atoms with Crippen molar-refractivity contribution in [3.05, 3.63) is 68.2 Å². The van der Waals surface area contributed by atoms with E-state index in [0.29, 0.717) is 0 Å². The number of rotatable bonds is 4. The van der Waals surface area contributed by atoms with Crippen molar-refractivity contribution in [2.75, 3.05) is 7.05 Å². The zero-order valence-electron chi connectivity index (χ0n) is 16.2. The Hall–Kier alpha value is -3.64. The standard InChI is InChI=1S/C19H14ClFN4O6S/c1-22-15(26)8-24-5-4-10-12(21)6-9(7-13(10)24)32(30,31)14-3-2-11(20)16-17(14)23-19(28)25(29)18(16)27/h2-7,29H,8H2,1H3,(H,22,26)(H,23,28). The molecule has 32 heavy (non-hydrogen) atoms. The van der Waals surface area contributed by atoms with Crippen LogP contribution in [0.2, 0.25) is 5.02 Å². The molecule has 2 aromatic carbocycles. The molecule has 0 fully saturated rings. The van der Waals surface area contributed by atoms with E-state index in [1.165, 1.54) is 29.9 Å². The molecule has 13 heteroatoms. The summed E-state index contributed by atoms with van der Waals surface area (Å²) in [6.07, 6.45) is 1.44. The molecule has 0 radical (unpaired) electrons. The highest BCUT2D eigenvalue weighted by molar-refractivity contribution is 7.91. The summed E-state index contributed by atoms with van der Waals surface area (Å²) < 4.78 is 42.6. The van der Waals surface area contributed by atoms with E-state index in [-0.39, 0.29) is 33.1 Å². The van der Waals surface area contributed by atoms with Crippen molar-refractivity contribution < 1.29 is 22.8 Å². The Balaban J connectivity index is 2.01. The predicted molar refractivity (Wildman–Crippen MR) is 112 cm³/mol. The number of likely N-dealkylation sites (N-methyl/N-ethyl adjacent to an activating group) is 1. The normalized spacial score (nSPS) is 11.8. The molecule has 10 nitrogen and oxygen atoms in total. The van der Waals surface area contributed by atoms with Gasteiger partial charge >= 0.3 is 5.69 Å². The summed E-state index contributed by atoms with van der Waals surface area (Å²) in [6, 6.07) is 5.56. The largest absolute Gasteiger partial charge is 0.421 e. The van der Waals surface area contributed by atoms with Gasteiger partial charge in [-0.15, -0.1) is 0 Å². The van der Waals surface area contributed by atoms with E-state index in [1.807, 2.05) is 0 Å². The number of H-pyrrole nitrogens is 1. The number of nitrogens with one attached hydrogen (secondary N) is 2. The first-order valence-corrected chi connectivity index (χ1v) is 10.8. The maximum Gasteiger partial charge on any atom is 0.362 e. The van der Waals surface area contributed by atoms with Gasteiger partial charge in [0.15, 0.2) is 0 Å². The number of hydrogen-bond donors (Lipinski definition) is 3. The average molecular weight is 481 g/mol. The second-order valence-corrected chi connectivity index (χ2v) is 9.13. The molecule has 0 unspecified atom stereocenters. The number of amides is 1. The van der Waals surface area contributed by atoms with E-state index in [0.717, 1.165) is 18.2 Å². The SMILES string of the molecule is CNC(=O)Cn1ccc2c(F)cc(S(=O)(=O)c3ccc(Cl)c4c(=O)n(O)c(=O)[nH]c34)cc21. The summed E-state index contributed by atoms with van der Waals surface area (Å²) in [5.74, 6) is -1.22. The van der Waals surface area contributed by atoms with E-state index in [4.69, 9.17) is 11.6 Å². The van der Waals surface area contributed by atoms with Crippen molar-refractivity contribution in [1.82, 2.24) is 19.6 Å². The van der Waals surface area contributed by atoms with Crippen molar-refractivity contribution in [1.29, 1.82) is 0 Å². The van der Waals surface area contributed by atoms with E-state index >= 15 is 0 Å². The molecule has 2 aromatic heterocycles. The molecule has 0 aliphatic carbocycles. The summed E-state index contributed by atoms with van der Waals surface area (Å²) in [5, 5.41) is 11.5. The molecule has 0 spiro atoms. The van der Waals surface area contributed by atoms with Gasteiger partial charge in [0.25, 0.3) is 5.56 Å². The predicted octanol–water partition coefficient (Wildman–Crippen LogP) is 1.25. The Kier molecular flexibility index (Phi) is 5.06. The smallest absolute Gasteiger partial charge is 0.362 e. The molecule has 0 aliphatic heterocycles. The summed E-state index contributed by atoms with van der Waals surface area (Å²) in [7, 11) is -3.06. The highest BCUT2D eigenvalue weighted by Gasteiger charge is 2.26. The van der Waals surface area contributed by atoms with Crippen LogP contribution in [0, 0.1) is 5.82 Å². The molecule has 0 atom stereocenters. The topological polar surface area (TPSA) is 143 Å². The van der Waals surface area contributed by atoms with E-state index in [2.05, 4.69) is 10.3 Å². The van der Waals surface area contributed by atoms with Gasteiger partial charge in [0.2, 0.25) is 15.7 Å². The molecule has 2 heterocycles. The first-order valence-electron chi connectivity index (χ1n) is 8.97. The van der Waals surface area contributed by atoms with Crippen LogP contribution in [-0.2, 0) is 21.2 Å². The first kappa shape index (κ1) is 21.6. The summed E-state index contributed by atoms with van der Waals surface area (Å²) >= 11 is 5.98. The third-order valence-electron chi connectivity index (χ3n) is 4.95. The van der Waals surface area contributed by atoms with Gasteiger partial charge in [0, 0.05) is 18.6 Å². The molecule has 0 aliphatic rings. The number of hydrogen-bond acceptors (Lipinski definition) is 6. The fourth-order valence-corrected chi connectivity index (χ4v) is 5.04. The number of carbonyl (C=O) groups is 1. The van der Waals surface area contributed by atoms with Gasteiger partial charge in [-0.05, 0) is 30.3 Å². The number of fused-ring (bicyclic) bond motifs is 2. The number of benzene rings is 2. The Morgan fingerprint density at radius 1 is 1.25 bits per heavy atom. The van der Waals surface area contributed by atoms with Crippen molar-refractivity contribution >= 4 is 49.2 Å². The zero-order chi connectivity index (χ0) is 23.4. The lowest BCUT2D eigenvalue weighted by Gasteiger charge is -2.11. The lowest BCUT2D eigenvalue weighted by molar-refractivity contribution is -0.121. The summed E-state index contributed by atoms with van der Waals surface area (Å²) in [4.78, 5) is 37.0. The van der Waals surface area contributed by atoms with Crippen LogP contribution in [0.4, 0.5) is 4.39 Å². The molecule has 166 valence electrons. The lowest BCUT2D eigenvalue weighted by atomic mass is 10.2. The second-order valence-electron chi connectivity index (χ2n) is 6.80. The average Bonchev–Trinajstić information content (AvgIpc) is 3.15. The maximum atomic E-state index is 14.7. The number of aromatic amines is 1. The van der Waals surface area contributed by atoms with Crippen molar-refractivity contribution in [3.8, 4) is 0 Å². The van der Waals surface area contributed by atoms with Gasteiger partial charge in [0.05, 0.1) is 31.2 Å². The molecule has 3 N–H and O–H groups in total. The molecule has 4 aromatic rings. The van der Waals surface area contributed by atoms with Crippen LogP contribution in [-0.4, -0.2) is 40.9 Å². The third-order valence-corrected chi connectivity index (χ3v) is 7.04. The molecular weight excluding hydrogens is 467 g/mol. The van der Waals surface area contributed by atoms with Gasteiger partial charge in [-0.3, -0.25) is 9.59 Å². The van der Waals surface area contributed by atoms with Crippen molar-refractivity contribution in [3.63, 3.8) is 0 Å². The zero-order valence-corrected chi connectivity index (χ0v) is 17.8. The summed E-state index contributed by atoms with van der Waals surface area (Å²) in [5.41, 5.74) is -2.77. The van der Waals surface area contributed by atoms with Crippen LogP contribution >= 0.6 is 11.6 Å². The Bertz CT molecular complexity index is 1650. The molecule has 1 amide bonds. The fourth-order valence-electron chi connectivity index (χ4n) is 3.35. The van der Waals surface area contributed by atoms with Gasteiger partial charge in [0.1, 0.15) is 12.4 Å². The minimum absolute atomic E-state index is 0.102. The highest BCUT2D eigenvalue weighted by atomic mass is 35.5. The minimum Gasteiger partial charge on any atom is -0.421 e. The highest BCUT2D eigenvalue weighted by Crippen LogP contribution is 2.32. The summed E-state index contributed by atoms with van der Waals surface area (Å²) in [6.45, 7) is -0.170. The van der Waals surface area contributed by atoms with Crippen molar-refractivity contribution in [2.24, 2.45) is 0 Å². The van der Waals surface area contributed by atoms with Gasteiger partial charge in [-0.2, -0.15) is 0 Å². The molecule has 0 saturated heterocycles. The number of aromatic nitrogens is 3. The molecule has 0 bridgehead atoms. The number of carbonyl (C=O) groups excluding carboxylic acids is 1. The Labute approximate surface area is 183 Å². The van der Waals surface area contributed by atoms with Crippen LogP contribution in [0.5, 0.6) is 0 Å². The van der Waals surface area contributed by atoms with Gasteiger partial charge in [-0.1, -0.05) is 16.3 Å². The van der Waals surface area contributed by atoms with E-state index < -0.39 is 47.6 Å². The van der Waals surface area contributed by atoms with Crippen LogP contribution < -0.4 is 16.6 Å². The van der Waals surface area contributed by atoms with Crippen molar-refractivity contribution in [2.45, 2.75) is 16.3 Å². The Morgan fingerprint density at radius 2 is 1.97 bits per heavy atom. The molecule has 4 rings (SSSR count). The van der Waals surface area contributed by atoms with E-state index in [9.17, 15) is 32.4 Å². The Morgan fingerprint density at radius 3 is 2.66 bits per heavy atom. The first-order chi connectivity index (χ1) is 15.1. The number of sulfone groups is 1. The quantitative estimate of drug-likeness (QED) is 0.375. The van der Waals surface area contributed by atoms with Crippen LogP contribution in [0.3, 0.4) is 0 Å². The number of nitrogens with zero attached hydrogens (tertiary/aromatic N) is 2. The minimum atomic E-state index is -4.48. The molecular formula is C19H14ClFN4O6S.